The highest BCUT2D eigenvalue weighted by Gasteiger charge is 2.35. The van der Waals surface area contributed by atoms with Gasteiger partial charge in [0.15, 0.2) is 7.05 Å². The highest BCUT2D eigenvalue weighted by atomic mass is 127. The van der Waals surface area contributed by atoms with Crippen molar-refractivity contribution in [3.63, 3.8) is 0 Å². The maximum absolute atomic E-state index is 2.32. The molecule has 0 spiro atoms. The second-order valence-corrected chi connectivity index (χ2v) is 5.04. The molecule has 1 aliphatic heterocycles. The van der Waals surface area contributed by atoms with Crippen LogP contribution in [0.5, 0.6) is 0 Å². The van der Waals surface area contributed by atoms with E-state index >= 15 is 0 Å². The van der Waals surface area contributed by atoms with E-state index in [0.29, 0.717) is 6.04 Å². The summed E-state index contributed by atoms with van der Waals surface area (Å²) in [7, 11) is 4.30. The zero-order valence-corrected chi connectivity index (χ0v) is 14.0. The molecule has 0 aliphatic carbocycles. The smallest absolute Gasteiger partial charge is 0.215 e. The van der Waals surface area contributed by atoms with Crippen molar-refractivity contribution in [1.29, 1.82) is 0 Å². The lowest BCUT2D eigenvalue weighted by Crippen LogP contribution is -3.00. The normalized spacial score (nSPS) is 18.1. The molecule has 2 aromatic rings. The van der Waals surface area contributed by atoms with Crippen LogP contribution in [0.15, 0.2) is 60.7 Å². The van der Waals surface area contributed by atoms with Gasteiger partial charge in [-0.3, -0.25) is 0 Å². The Morgan fingerprint density at radius 3 is 2.10 bits per heavy atom. The zero-order valence-electron chi connectivity index (χ0n) is 11.8. The van der Waals surface area contributed by atoms with E-state index in [0.717, 1.165) is 6.42 Å². The van der Waals surface area contributed by atoms with Gasteiger partial charge in [-0.25, -0.2) is 0 Å². The van der Waals surface area contributed by atoms with Crippen LogP contribution in [0.4, 0.5) is 0 Å². The monoisotopic (exact) mass is 378 g/mol. The van der Waals surface area contributed by atoms with Crippen molar-refractivity contribution in [2.24, 2.45) is 0 Å². The molecular weight excluding hydrogens is 359 g/mol. The summed E-state index contributed by atoms with van der Waals surface area (Å²) in [5, 5.41) is 2.32. The molecule has 20 heavy (non-hydrogen) atoms. The third-order valence-electron chi connectivity index (χ3n) is 3.99. The molecule has 0 N–H and O–H groups in total. The van der Waals surface area contributed by atoms with Crippen LogP contribution in [-0.2, 0) is 0 Å². The number of hydrazine groups is 1. The van der Waals surface area contributed by atoms with Gasteiger partial charge in [-0.15, -0.1) is 4.68 Å². The minimum Gasteiger partial charge on any atom is -1.00 e. The largest absolute Gasteiger partial charge is 1.00 e. The van der Waals surface area contributed by atoms with Crippen molar-refractivity contribution in [2.75, 3.05) is 14.1 Å². The van der Waals surface area contributed by atoms with Gasteiger partial charge in [0.2, 0.25) is 5.71 Å². The SMILES string of the molecule is CN1C(c2ccccc2)CC(c2ccccc2)=[N+]1C.[I-]. The lowest BCUT2D eigenvalue weighted by molar-refractivity contribution is -0.660. The number of rotatable bonds is 2. The summed E-state index contributed by atoms with van der Waals surface area (Å²) in [6, 6.07) is 21.8. The summed E-state index contributed by atoms with van der Waals surface area (Å²) in [5.74, 6) is 0. The summed E-state index contributed by atoms with van der Waals surface area (Å²) in [6.07, 6.45) is 1.06. The quantitative estimate of drug-likeness (QED) is 0.532. The topological polar surface area (TPSA) is 6.25 Å². The molecule has 0 radical (unpaired) electrons. The zero-order chi connectivity index (χ0) is 13.2. The van der Waals surface area contributed by atoms with Crippen molar-refractivity contribution < 1.29 is 28.7 Å². The second kappa shape index (κ2) is 6.39. The third kappa shape index (κ3) is 2.73. The number of hydrazone groups is 1. The van der Waals surface area contributed by atoms with Crippen molar-refractivity contribution in [3.8, 4) is 0 Å². The van der Waals surface area contributed by atoms with E-state index in [9.17, 15) is 0 Å². The molecule has 2 aromatic carbocycles. The van der Waals surface area contributed by atoms with E-state index in [1.165, 1.54) is 16.8 Å². The first-order valence-corrected chi connectivity index (χ1v) is 6.70. The molecule has 0 saturated carbocycles. The van der Waals surface area contributed by atoms with Crippen LogP contribution in [0.2, 0.25) is 0 Å². The highest BCUT2D eigenvalue weighted by molar-refractivity contribution is 5.97. The van der Waals surface area contributed by atoms with E-state index in [-0.39, 0.29) is 24.0 Å². The molecule has 0 saturated heterocycles. The Morgan fingerprint density at radius 1 is 0.950 bits per heavy atom. The van der Waals surface area contributed by atoms with Gasteiger partial charge in [-0.1, -0.05) is 48.5 Å². The van der Waals surface area contributed by atoms with E-state index in [4.69, 9.17) is 0 Å². The Bertz CT molecular complexity index is 593. The molecule has 1 heterocycles. The Hall–Kier alpha value is -1.36. The third-order valence-corrected chi connectivity index (χ3v) is 3.99. The Morgan fingerprint density at radius 2 is 1.50 bits per heavy atom. The molecule has 104 valence electrons. The van der Waals surface area contributed by atoms with Crippen LogP contribution in [0.25, 0.3) is 0 Å². The minimum atomic E-state index is 0. The maximum atomic E-state index is 2.32. The molecular formula is C17H19IN2. The maximum Gasteiger partial charge on any atom is 0.215 e. The molecule has 0 bridgehead atoms. The van der Waals surface area contributed by atoms with Gasteiger partial charge in [-0.05, 0) is 17.7 Å². The first kappa shape index (κ1) is 15.0. The summed E-state index contributed by atoms with van der Waals surface area (Å²) in [6.45, 7) is 0. The number of nitrogens with zero attached hydrogens (tertiary/aromatic N) is 2. The standard InChI is InChI=1S/C17H19N2.HI/c1-18-16(14-9-5-3-6-10-14)13-17(19(18)2)15-11-7-4-8-12-15;/h3-12,16H,13H2,1-2H3;1H/q+1;/p-1. The summed E-state index contributed by atoms with van der Waals surface area (Å²) >= 11 is 0. The Balaban J connectivity index is 0.00000147. The molecule has 1 atom stereocenters. The molecule has 3 rings (SSSR count). The van der Waals surface area contributed by atoms with Gasteiger partial charge in [0.1, 0.15) is 6.04 Å². The fourth-order valence-electron chi connectivity index (χ4n) is 2.79. The van der Waals surface area contributed by atoms with Crippen LogP contribution >= 0.6 is 0 Å². The molecule has 0 aromatic heterocycles. The van der Waals surface area contributed by atoms with Crippen molar-refractivity contribution in [3.05, 3.63) is 71.8 Å². The van der Waals surface area contributed by atoms with E-state index in [1.54, 1.807) is 0 Å². The van der Waals surface area contributed by atoms with Crippen LogP contribution in [0.3, 0.4) is 0 Å². The average molecular weight is 378 g/mol. The highest BCUT2D eigenvalue weighted by Crippen LogP contribution is 2.29. The number of halogens is 1. The van der Waals surface area contributed by atoms with E-state index < -0.39 is 0 Å². The molecule has 1 unspecified atom stereocenters. The molecule has 0 amide bonds. The summed E-state index contributed by atoms with van der Waals surface area (Å²) in [4.78, 5) is 0. The number of hydrogen-bond donors (Lipinski definition) is 0. The van der Waals surface area contributed by atoms with Gasteiger partial charge in [-0.2, -0.15) is 5.01 Å². The van der Waals surface area contributed by atoms with Crippen LogP contribution in [-0.4, -0.2) is 29.5 Å². The molecule has 2 nitrogen and oxygen atoms in total. The molecule has 3 heteroatoms. The Labute approximate surface area is 137 Å². The van der Waals surface area contributed by atoms with E-state index in [2.05, 4.69) is 84.5 Å². The number of hydrogen-bond acceptors (Lipinski definition) is 1. The van der Waals surface area contributed by atoms with Crippen molar-refractivity contribution in [1.82, 2.24) is 5.01 Å². The van der Waals surface area contributed by atoms with Crippen LogP contribution < -0.4 is 24.0 Å². The predicted octanol–water partition coefficient (Wildman–Crippen LogP) is 0.114. The lowest BCUT2D eigenvalue weighted by Gasteiger charge is -2.16. The summed E-state index contributed by atoms with van der Waals surface area (Å²) in [5.41, 5.74) is 4.08. The molecule has 1 aliphatic rings. The first-order chi connectivity index (χ1) is 9.27. The van der Waals surface area contributed by atoms with Crippen LogP contribution in [0.1, 0.15) is 23.6 Å². The van der Waals surface area contributed by atoms with E-state index in [1.807, 2.05) is 0 Å². The predicted molar refractivity (Wildman–Crippen MR) is 78.3 cm³/mol. The van der Waals surface area contributed by atoms with Crippen molar-refractivity contribution in [2.45, 2.75) is 12.5 Å². The molecule has 0 fully saturated rings. The van der Waals surface area contributed by atoms with Gasteiger partial charge in [0.05, 0.1) is 13.5 Å². The van der Waals surface area contributed by atoms with Crippen molar-refractivity contribution >= 4 is 5.71 Å². The fraction of sp³-hybridized carbons (Fsp3) is 0.235. The van der Waals surface area contributed by atoms with Crippen LogP contribution in [0, 0.1) is 0 Å². The lowest BCUT2D eigenvalue weighted by atomic mass is 9.99. The number of benzene rings is 2. The van der Waals surface area contributed by atoms with Gasteiger partial charge >= 0.3 is 0 Å². The van der Waals surface area contributed by atoms with Gasteiger partial charge in [0, 0.05) is 5.56 Å². The fourth-order valence-corrected chi connectivity index (χ4v) is 2.79. The van der Waals surface area contributed by atoms with Gasteiger partial charge < -0.3 is 24.0 Å². The summed E-state index contributed by atoms with van der Waals surface area (Å²) < 4.78 is 2.27. The average Bonchev–Trinajstić information content (AvgIpc) is 2.77. The minimum absolute atomic E-state index is 0. The Kier molecular flexibility index (Phi) is 4.81. The second-order valence-electron chi connectivity index (χ2n) is 5.04. The first-order valence-electron chi connectivity index (χ1n) is 6.70. The van der Waals surface area contributed by atoms with Gasteiger partial charge in [0.25, 0.3) is 0 Å².